The molecule has 1 saturated carbocycles. The van der Waals surface area contributed by atoms with Crippen LogP contribution in [0.1, 0.15) is 26.2 Å². The maximum Gasteiger partial charge on any atom is 0.383 e. The van der Waals surface area contributed by atoms with Gasteiger partial charge < -0.3 is 5.32 Å². The first-order valence-electron chi connectivity index (χ1n) is 4.86. The minimum Gasteiger partial charge on any atom is -0.348 e. The molecule has 1 aliphatic carbocycles. The van der Waals surface area contributed by atoms with E-state index >= 15 is 0 Å². The van der Waals surface area contributed by atoms with Crippen molar-refractivity contribution in [1.82, 2.24) is 5.32 Å². The normalized spacial score (nSPS) is 25.5. The second-order valence-corrected chi connectivity index (χ2v) is 3.79. The van der Waals surface area contributed by atoms with Crippen LogP contribution in [0.5, 0.6) is 0 Å². The summed E-state index contributed by atoms with van der Waals surface area (Å²) < 4.78 is 48.5. The fourth-order valence-electron chi connectivity index (χ4n) is 1.48. The molecule has 2 unspecified atom stereocenters. The molecule has 1 aliphatic rings. The van der Waals surface area contributed by atoms with E-state index in [0.29, 0.717) is 6.42 Å². The highest BCUT2D eigenvalue weighted by molar-refractivity contribution is 5.84. The minimum atomic E-state index is -4.57. The predicted octanol–water partition coefficient (Wildman–Crippen LogP) is 2.19. The monoisotopic (exact) mass is 227 g/mol. The van der Waals surface area contributed by atoms with Crippen molar-refractivity contribution in [3.05, 3.63) is 0 Å². The number of amides is 1. The molecule has 0 heterocycles. The van der Waals surface area contributed by atoms with Gasteiger partial charge in [-0.15, -0.1) is 0 Å². The molecular formula is C9H13F4NO. The Morgan fingerprint density at radius 3 is 2.60 bits per heavy atom. The van der Waals surface area contributed by atoms with Gasteiger partial charge >= 0.3 is 12.3 Å². The average Bonchev–Trinajstić information content (AvgIpc) is 2.83. The first kappa shape index (κ1) is 12.3. The van der Waals surface area contributed by atoms with Crippen molar-refractivity contribution in [1.29, 1.82) is 0 Å². The van der Waals surface area contributed by atoms with Gasteiger partial charge in [0.25, 0.3) is 5.91 Å². The smallest absolute Gasteiger partial charge is 0.348 e. The van der Waals surface area contributed by atoms with Gasteiger partial charge in [-0.3, -0.25) is 4.79 Å². The third-order valence-corrected chi connectivity index (χ3v) is 2.48. The van der Waals surface area contributed by atoms with Crippen molar-refractivity contribution < 1.29 is 22.4 Å². The summed E-state index contributed by atoms with van der Waals surface area (Å²) >= 11 is 0. The molecule has 1 fully saturated rings. The Balaban J connectivity index is 2.38. The lowest BCUT2D eigenvalue weighted by atomic mass is 10.2. The first-order chi connectivity index (χ1) is 6.89. The van der Waals surface area contributed by atoms with Crippen LogP contribution in [0.25, 0.3) is 0 Å². The van der Waals surface area contributed by atoms with Gasteiger partial charge in [0.1, 0.15) is 0 Å². The lowest BCUT2D eigenvalue weighted by Gasteiger charge is -2.14. The number of carbonyl (C=O) groups excluding carboxylic acids is 1. The number of carbonyl (C=O) groups is 1. The van der Waals surface area contributed by atoms with E-state index in [9.17, 15) is 22.4 Å². The Morgan fingerprint density at radius 1 is 1.53 bits per heavy atom. The van der Waals surface area contributed by atoms with Crippen LogP contribution in [-0.4, -0.2) is 24.3 Å². The number of alkyl halides is 4. The van der Waals surface area contributed by atoms with Crippen molar-refractivity contribution in [2.45, 2.75) is 44.6 Å². The molecule has 15 heavy (non-hydrogen) atoms. The Morgan fingerprint density at radius 2 is 2.13 bits per heavy atom. The van der Waals surface area contributed by atoms with Gasteiger partial charge in [0.05, 0.1) is 0 Å². The van der Waals surface area contributed by atoms with E-state index in [1.54, 1.807) is 0 Å². The molecule has 2 atom stereocenters. The summed E-state index contributed by atoms with van der Waals surface area (Å²) in [5.74, 6) is -6.26. The fraction of sp³-hybridized carbons (Fsp3) is 0.889. The van der Waals surface area contributed by atoms with Crippen LogP contribution < -0.4 is 5.32 Å². The number of rotatable bonds is 5. The molecule has 6 heteroatoms. The van der Waals surface area contributed by atoms with E-state index in [0.717, 1.165) is 12.8 Å². The van der Waals surface area contributed by atoms with Crippen LogP contribution in [0.4, 0.5) is 17.6 Å². The van der Waals surface area contributed by atoms with Crippen molar-refractivity contribution in [3.8, 4) is 0 Å². The predicted molar refractivity (Wildman–Crippen MR) is 45.9 cm³/mol. The molecule has 0 saturated heterocycles. The quantitative estimate of drug-likeness (QED) is 0.717. The van der Waals surface area contributed by atoms with E-state index in [4.69, 9.17) is 0 Å². The summed E-state index contributed by atoms with van der Waals surface area (Å²) in [5, 5.41) is 1.94. The Kier molecular flexibility index (Phi) is 3.57. The molecule has 1 N–H and O–H groups in total. The Hall–Kier alpha value is -0.810. The van der Waals surface area contributed by atoms with Gasteiger partial charge in [-0.2, -0.15) is 8.78 Å². The van der Waals surface area contributed by atoms with Gasteiger partial charge in [-0.1, -0.05) is 13.3 Å². The topological polar surface area (TPSA) is 29.1 Å². The highest BCUT2D eigenvalue weighted by Gasteiger charge is 2.51. The standard InChI is InChI=1S/C9H13F4NO/c1-2-3-5-4-6(5)14-8(15)9(12,13)7(10)11/h5-7H,2-4H2,1H3,(H,14,15). The van der Waals surface area contributed by atoms with Gasteiger partial charge in [-0.05, 0) is 18.8 Å². The van der Waals surface area contributed by atoms with Crippen molar-refractivity contribution >= 4 is 5.91 Å². The molecule has 0 radical (unpaired) electrons. The molecule has 2 nitrogen and oxygen atoms in total. The molecule has 0 spiro atoms. The zero-order valence-electron chi connectivity index (χ0n) is 8.27. The van der Waals surface area contributed by atoms with Crippen molar-refractivity contribution in [2.24, 2.45) is 5.92 Å². The lowest BCUT2D eigenvalue weighted by molar-refractivity contribution is -0.169. The average molecular weight is 227 g/mol. The van der Waals surface area contributed by atoms with Crippen LogP contribution in [0, 0.1) is 5.92 Å². The van der Waals surface area contributed by atoms with Gasteiger partial charge in [0.2, 0.25) is 0 Å². The van der Waals surface area contributed by atoms with E-state index in [1.165, 1.54) is 0 Å². The van der Waals surface area contributed by atoms with Gasteiger partial charge in [0, 0.05) is 6.04 Å². The van der Waals surface area contributed by atoms with Crippen LogP contribution in [-0.2, 0) is 4.79 Å². The molecular weight excluding hydrogens is 214 g/mol. The van der Waals surface area contributed by atoms with E-state index in [-0.39, 0.29) is 12.0 Å². The summed E-state index contributed by atoms with van der Waals surface area (Å²) in [7, 11) is 0. The molecule has 1 amide bonds. The highest BCUT2D eigenvalue weighted by atomic mass is 19.3. The Bertz CT molecular complexity index is 244. The van der Waals surface area contributed by atoms with Crippen LogP contribution in [0.15, 0.2) is 0 Å². The molecule has 0 aromatic carbocycles. The molecule has 0 aliphatic heterocycles. The minimum absolute atomic E-state index is 0.174. The largest absolute Gasteiger partial charge is 0.383 e. The molecule has 1 rings (SSSR count). The summed E-state index contributed by atoms with van der Waals surface area (Å²) in [5.41, 5.74) is 0. The van der Waals surface area contributed by atoms with E-state index < -0.39 is 18.3 Å². The molecule has 0 aromatic heterocycles. The fourth-order valence-corrected chi connectivity index (χ4v) is 1.48. The zero-order valence-corrected chi connectivity index (χ0v) is 8.27. The van der Waals surface area contributed by atoms with Gasteiger partial charge in [0.15, 0.2) is 0 Å². The highest BCUT2D eigenvalue weighted by Crippen LogP contribution is 2.35. The maximum absolute atomic E-state index is 12.5. The van der Waals surface area contributed by atoms with Gasteiger partial charge in [-0.25, -0.2) is 8.78 Å². The van der Waals surface area contributed by atoms with E-state index in [1.807, 2.05) is 12.2 Å². The van der Waals surface area contributed by atoms with Crippen LogP contribution in [0.2, 0.25) is 0 Å². The summed E-state index contributed by atoms with van der Waals surface area (Å²) in [6.07, 6.45) is -1.62. The second kappa shape index (κ2) is 4.37. The molecule has 88 valence electrons. The summed E-state index contributed by atoms with van der Waals surface area (Å²) in [4.78, 5) is 10.8. The van der Waals surface area contributed by atoms with E-state index in [2.05, 4.69) is 0 Å². The van der Waals surface area contributed by atoms with Crippen LogP contribution in [0.3, 0.4) is 0 Å². The first-order valence-corrected chi connectivity index (χ1v) is 4.86. The summed E-state index contributed by atoms with van der Waals surface area (Å²) in [6, 6.07) is -0.345. The van der Waals surface area contributed by atoms with Crippen LogP contribution >= 0.6 is 0 Å². The lowest BCUT2D eigenvalue weighted by Crippen LogP contribution is -2.46. The zero-order chi connectivity index (χ0) is 11.6. The molecule has 0 aromatic rings. The maximum atomic E-state index is 12.5. The SMILES string of the molecule is CCCC1CC1NC(=O)C(F)(F)C(F)F. The second-order valence-electron chi connectivity index (χ2n) is 3.79. The number of hydrogen-bond donors (Lipinski definition) is 1. The third kappa shape index (κ3) is 2.82. The summed E-state index contributed by atoms with van der Waals surface area (Å²) in [6.45, 7) is 1.94. The number of hydrogen-bond acceptors (Lipinski definition) is 1. The molecule has 0 bridgehead atoms. The Labute approximate surface area is 85.0 Å². The van der Waals surface area contributed by atoms with Crippen molar-refractivity contribution in [3.63, 3.8) is 0 Å². The van der Waals surface area contributed by atoms with Crippen molar-refractivity contribution in [2.75, 3.05) is 0 Å². The number of halogens is 4. The number of nitrogens with one attached hydrogen (secondary N) is 1. The third-order valence-electron chi connectivity index (χ3n) is 2.48.